The van der Waals surface area contributed by atoms with Crippen LogP contribution in [0.15, 0.2) is 75.0 Å². The average molecular weight is 392 g/mol. The highest BCUT2D eigenvalue weighted by molar-refractivity contribution is 7.71. The van der Waals surface area contributed by atoms with Crippen molar-refractivity contribution in [1.82, 2.24) is 9.66 Å². The molecule has 4 rings (SSSR count). The van der Waals surface area contributed by atoms with E-state index in [1.807, 2.05) is 6.07 Å². The smallest absolute Gasteiger partial charge is 0.282 e. The van der Waals surface area contributed by atoms with E-state index in [1.54, 1.807) is 42.5 Å². The third-order valence-corrected chi connectivity index (χ3v) is 4.35. The molecule has 0 saturated heterocycles. The fraction of sp³-hybridized carbons (Fsp3) is 0. The molecule has 28 heavy (non-hydrogen) atoms. The predicted octanol–water partition coefficient (Wildman–Crippen LogP) is 4.11. The number of hydrogen-bond acceptors (Lipinski definition) is 6. The van der Waals surface area contributed by atoms with Gasteiger partial charge >= 0.3 is 0 Å². The first-order chi connectivity index (χ1) is 13.5. The number of benzene rings is 2. The first kappa shape index (κ1) is 17.6. The highest BCUT2D eigenvalue weighted by Crippen LogP contribution is 2.24. The summed E-state index contributed by atoms with van der Waals surface area (Å²) in [6, 6.07) is 16.4. The van der Waals surface area contributed by atoms with E-state index in [0.717, 1.165) is 4.68 Å². The van der Waals surface area contributed by atoms with Gasteiger partial charge in [-0.2, -0.15) is 9.78 Å². The maximum absolute atomic E-state index is 12.6. The van der Waals surface area contributed by atoms with Gasteiger partial charge in [-0.15, -0.1) is 0 Å². The largest absolute Gasteiger partial charge is 0.455 e. The topological polar surface area (TPSA) is 106 Å². The molecule has 2 aromatic carbocycles. The third-order valence-electron chi connectivity index (χ3n) is 4.07. The molecular formula is C19H12N4O4S. The van der Waals surface area contributed by atoms with Crippen LogP contribution in [0.5, 0.6) is 0 Å². The summed E-state index contributed by atoms with van der Waals surface area (Å²) in [6.45, 7) is 0. The molecule has 0 amide bonds. The summed E-state index contributed by atoms with van der Waals surface area (Å²) in [4.78, 5) is 25.8. The average Bonchev–Trinajstić information content (AvgIpc) is 3.17. The van der Waals surface area contributed by atoms with Gasteiger partial charge in [0.1, 0.15) is 11.5 Å². The van der Waals surface area contributed by atoms with Crippen LogP contribution in [0.2, 0.25) is 0 Å². The van der Waals surface area contributed by atoms with Crippen LogP contribution in [-0.2, 0) is 0 Å². The van der Waals surface area contributed by atoms with Gasteiger partial charge in [0.15, 0.2) is 0 Å². The van der Waals surface area contributed by atoms with Crippen LogP contribution in [0.4, 0.5) is 5.69 Å². The number of para-hydroxylation sites is 1. The lowest BCUT2D eigenvalue weighted by molar-refractivity contribution is -0.384. The van der Waals surface area contributed by atoms with Crippen molar-refractivity contribution < 1.29 is 9.34 Å². The van der Waals surface area contributed by atoms with Crippen LogP contribution in [0, 0.1) is 14.9 Å². The summed E-state index contributed by atoms with van der Waals surface area (Å²) in [5.41, 5.74) is 0.993. The van der Waals surface area contributed by atoms with Crippen molar-refractivity contribution in [2.45, 2.75) is 0 Å². The van der Waals surface area contributed by atoms with Gasteiger partial charge in [0.25, 0.3) is 11.2 Å². The molecule has 1 N–H and O–H groups in total. The van der Waals surface area contributed by atoms with Gasteiger partial charge in [-0.3, -0.25) is 14.9 Å². The van der Waals surface area contributed by atoms with Crippen LogP contribution in [0.3, 0.4) is 0 Å². The molecular weight excluding hydrogens is 380 g/mol. The van der Waals surface area contributed by atoms with E-state index in [-0.39, 0.29) is 16.0 Å². The first-order valence-corrected chi connectivity index (χ1v) is 8.57. The lowest BCUT2D eigenvalue weighted by Gasteiger charge is -2.01. The normalized spacial score (nSPS) is 11.3. The van der Waals surface area contributed by atoms with Crippen LogP contribution in [-0.4, -0.2) is 20.8 Å². The zero-order valence-corrected chi connectivity index (χ0v) is 15.1. The van der Waals surface area contributed by atoms with Gasteiger partial charge in [-0.25, -0.2) is 0 Å². The molecule has 9 heteroatoms. The highest BCUT2D eigenvalue weighted by atomic mass is 32.1. The Kier molecular flexibility index (Phi) is 4.42. The Bertz CT molecular complexity index is 1330. The number of fused-ring (bicyclic) bond motifs is 1. The molecule has 0 bridgehead atoms. The molecule has 2 heterocycles. The molecule has 0 saturated carbocycles. The Hall–Kier alpha value is -3.85. The van der Waals surface area contributed by atoms with Gasteiger partial charge in [-0.05, 0) is 48.6 Å². The molecule has 0 aliphatic heterocycles. The summed E-state index contributed by atoms with van der Waals surface area (Å²) in [6.07, 6.45) is 1.38. The van der Waals surface area contributed by atoms with Crippen molar-refractivity contribution in [2.24, 2.45) is 5.10 Å². The summed E-state index contributed by atoms with van der Waals surface area (Å²) in [7, 11) is 0. The summed E-state index contributed by atoms with van der Waals surface area (Å²) in [5.74, 6) is 0.926. The number of furan rings is 1. The molecule has 0 unspecified atom stereocenters. The quantitative estimate of drug-likeness (QED) is 0.243. The second-order valence-corrected chi connectivity index (χ2v) is 6.23. The van der Waals surface area contributed by atoms with E-state index in [4.69, 9.17) is 16.6 Å². The number of rotatable bonds is 4. The maximum atomic E-state index is 12.6. The SMILES string of the molecule is O=c1c2ccccc2[nH]c(=S)n1/N=C\c1ccc(-c2ccc([N+](=O)[O-])cc2)o1. The number of H-pyrrole nitrogens is 1. The van der Waals surface area contributed by atoms with E-state index in [9.17, 15) is 14.9 Å². The Labute approximate surface area is 162 Å². The number of non-ortho nitro benzene ring substituents is 1. The fourth-order valence-corrected chi connectivity index (χ4v) is 2.94. The number of hydrogen-bond donors (Lipinski definition) is 1. The zero-order chi connectivity index (χ0) is 19.7. The summed E-state index contributed by atoms with van der Waals surface area (Å²) >= 11 is 5.21. The monoisotopic (exact) mass is 392 g/mol. The molecule has 2 aromatic heterocycles. The molecule has 4 aromatic rings. The Balaban J connectivity index is 1.65. The van der Waals surface area contributed by atoms with Crippen LogP contribution >= 0.6 is 12.2 Å². The minimum absolute atomic E-state index is 0.00185. The summed E-state index contributed by atoms with van der Waals surface area (Å²) < 4.78 is 6.94. The second-order valence-electron chi connectivity index (χ2n) is 5.84. The van der Waals surface area contributed by atoms with Crippen molar-refractivity contribution in [3.8, 4) is 11.3 Å². The van der Waals surface area contributed by atoms with Crippen LogP contribution < -0.4 is 5.56 Å². The van der Waals surface area contributed by atoms with Gasteiger partial charge < -0.3 is 9.40 Å². The number of aromatic amines is 1. The van der Waals surface area contributed by atoms with Crippen molar-refractivity contribution in [1.29, 1.82) is 0 Å². The van der Waals surface area contributed by atoms with Crippen LogP contribution in [0.25, 0.3) is 22.2 Å². The van der Waals surface area contributed by atoms with Gasteiger partial charge in [0.2, 0.25) is 4.77 Å². The highest BCUT2D eigenvalue weighted by Gasteiger charge is 2.08. The second kappa shape index (κ2) is 7.05. The first-order valence-electron chi connectivity index (χ1n) is 8.16. The fourth-order valence-electron chi connectivity index (χ4n) is 2.70. The lowest BCUT2D eigenvalue weighted by Crippen LogP contribution is -2.18. The summed E-state index contributed by atoms with van der Waals surface area (Å²) in [5, 5.41) is 15.3. The van der Waals surface area contributed by atoms with Crippen molar-refractivity contribution in [3.63, 3.8) is 0 Å². The van der Waals surface area contributed by atoms with Crippen molar-refractivity contribution >= 4 is 35.0 Å². The third kappa shape index (κ3) is 3.26. The number of nitro benzene ring substituents is 1. The van der Waals surface area contributed by atoms with Crippen molar-refractivity contribution in [2.75, 3.05) is 0 Å². The minimum Gasteiger partial charge on any atom is -0.455 e. The Morgan fingerprint density at radius 1 is 1.11 bits per heavy atom. The number of nitro groups is 1. The van der Waals surface area contributed by atoms with E-state index in [1.165, 1.54) is 18.3 Å². The van der Waals surface area contributed by atoms with Crippen molar-refractivity contribution in [3.05, 3.63) is 91.7 Å². The van der Waals surface area contributed by atoms with Crippen LogP contribution in [0.1, 0.15) is 5.76 Å². The van der Waals surface area contributed by atoms with E-state index in [2.05, 4.69) is 10.1 Å². The van der Waals surface area contributed by atoms with E-state index >= 15 is 0 Å². The molecule has 138 valence electrons. The number of nitrogens with zero attached hydrogens (tertiary/aromatic N) is 3. The molecule has 0 atom stereocenters. The molecule has 0 radical (unpaired) electrons. The predicted molar refractivity (Wildman–Crippen MR) is 107 cm³/mol. The standard InChI is InChI=1S/C19H12N4O4S/c24-18-15-3-1-2-4-16(15)21-19(28)22(18)20-11-14-9-10-17(27-14)12-5-7-13(8-6-12)23(25)26/h1-11H,(H,21,28)/b20-11-. The Morgan fingerprint density at radius 2 is 1.86 bits per heavy atom. The molecule has 0 spiro atoms. The molecule has 8 nitrogen and oxygen atoms in total. The lowest BCUT2D eigenvalue weighted by atomic mass is 10.1. The van der Waals surface area contributed by atoms with Gasteiger partial charge in [0, 0.05) is 17.7 Å². The number of aromatic nitrogens is 2. The van der Waals surface area contributed by atoms with Gasteiger partial charge in [-0.1, -0.05) is 12.1 Å². The molecule has 0 aliphatic rings. The zero-order valence-electron chi connectivity index (χ0n) is 14.2. The number of nitrogens with one attached hydrogen (secondary N) is 1. The maximum Gasteiger partial charge on any atom is 0.282 e. The van der Waals surface area contributed by atoms with Gasteiger partial charge in [0.05, 0.1) is 22.0 Å². The Morgan fingerprint density at radius 3 is 2.61 bits per heavy atom. The molecule has 0 aliphatic carbocycles. The van der Waals surface area contributed by atoms with E-state index in [0.29, 0.717) is 28.0 Å². The minimum atomic E-state index is -0.464. The van der Waals surface area contributed by atoms with E-state index < -0.39 is 4.92 Å². The molecule has 0 fully saturated rings.